The molecule has 0 aliphatic heterocycles. The summed E-state index contributed by atoms with van der Waals surface area (Å²) < 4.78 is 27.0. The molecule has 0 radical (unpaired) electrons. The molecular formula is C16H15N3O3S. The standard InChI is InChI=1S/C16H15N3O3S/c1-22-13-6-7-14-15(8-13)17-10-18-16(14)12-4-2-11(3-5-12)9-19-23(20)21/h2-8,10,19H,9H2,1H3,(H,20,21). The lowest BCUT2D eigenvalue weighted by Crippen LogP contribution is -2.15. The molecule has 6 nitrogen and oxygen atoms in total. The molecule has 7 heteroatoms. The first-order chi connectivity index (χ1) is 11.2. The number of rotatable bonds is 5. The first-order valence-corrected chi connectivity index (χ1v) is 8.00. The lowest BCUT2D eigenvalue weighted by Gasteiger charge is -2.08. The molecule has 0 aliphatic rings. The number of nitrogens with zero attached hydrogens (tertiary/aromatic N) is 2. The zero-order chi connectivity index (χ0) is 16.2. The number of fused-ring (bicyclic) bond motifs is 1. The van der Waals surface area contributed by atoms with Crippen molar-refractivity contribution in [3.63, 3.8) is 0 Å². The van der Waals surface area contributed by atoms with Gasteiger partial charge >= 0.3 is 0 Å². The minimum atomic E-state index is -2.01. The Bertz CT molecular complexity index is 853. The molecule has 118 valence electrons. The number of hydrogen-bond acceptors (Lipinski definition) is 4. The Morgan fingerprint density at radius 1 is 1.17 bits per heavy atom. The van der Waals surface area contributed by atoms with E-state index in [2.05, 4.69) is 14.7 Å². The number of nitrogens with one attached hydrogen (secondary N) is 1. The monoisotopic (exact) mass is 329 g/mol. The number of ether oxygens (including phenoxy) is 1. The van der Waals surface area contributed by atoms with E-state index in [-0.39, 0.29) is 0 Å². The van der Waals surface area contributed by atoms with Gasteiger partial charge < -0.3 is 4.74 Å². The van der Waals surface area contributed by atoms with Crippen molar-refractivity contribution in [3.8, 4) is 17.0 Å². The highest BCUT2D eigenvalue weighted by atomic mass is 32.2. The van der Waals surface area contributed by atoms with Gasteiger partial charge in [-0.1, -0.05) is 24.3 Å². The predicted octanol–water partition coefficient (Wildman–Crippen LogP) is 2.53. The minimum absolute atomic E-state index is 0.325. The first kappa shape index (κ1) is 15.5. The quantitative estimate of drug-likeness (QED) is 0.703. The van der Waals surface area contributed by atoms with Crippen molar-refractivity contribution >= 4 is 22.2 Å². The van der Waals surface area contributed by atoms with Gasteiger partial charge in [-0.3, -0.25) is 4.55 Å². The molecular weight excluding hydrogens is 314 g/mol. The van der Waals surface area contributed by atoms with Crippen LogP contribution in [-0.2, 0) is 17.8 Å². The maximum atomic E-state index is 10.6. The summed E-state index contributed by atoms with van der Waals surface area (Å²) in [5, 5.41) is 0.940. The average Bonchev–Trinajstić information content (AvgIpc) is 2.59. The van der Waals surface area contributed by atoms with Crippen molar-refractivity contribution in [1.29, 1.82) is 0 Å². The molecule has 1 heterocycles. The van der Waals surface area contributed by atoms with E-state index in [1.54, 1.807) is 7.11 Å². The van der Waals surface area contributed by atoms with Gasteiger partial charge in [-0.05, 0) is 17.7 Å². The van der Waals surface area contributed by atoms with Crippen LogP contribution in [-0.4, -0.2) is 25.8 Å². The second kappa shape index (κ2) is 6.82. The SMILES string of the molecule is COc1ccc2c(-c3ccc(CNS(=O)O)cc3)ncnc2c1. The highest BCUT2D eigenvalue weighted by molar-refractivity contribution is 7.77. The molecule has 23 heavy (non-hydrogen) atoms. The number of hydrogen-bond donors (Lipinski definition) is 2. The highest BCUT2D eigenvalue weighted by Crippen LogP contribution is 2.27. The fraction of sp³-hybridized carbons (Fsp3) is 0.125. The van der Waals surface area contributed by atoms with Crippen LogP contribution in [0.25, 0.3) is 22.2 Å². The summed E-state index contributed by atoms with van der Waals surface area (Å²) in [7, 11) is 1.62. The molecule has 2 N–H and O–H groups in total. The van der Waals surface area contributed by atoms with E-state index in [4.69, 9.17) is 9.29 Å². The average molecular weight is 329 g/mol. The van der Waals surface area contributed by atoms with Crippen molar-refractivity contribution in [2.24, 2.45) is 0 Å². The molecule has 3 rings (SSSR count). The van der Waals surface area contributed by atoms with Gasteiger partial charge in [-0.15, -0.1) is 0 Å². The first-order valence-electron chi connectivity index (χ1n) is 6.90. The number of aromatic nitrogens is 2. The lowest BCUT2D eigenvalue weighted by atomic mass is 10.0. The maximum Gasteiger partial charge on any atom is 0.232 e. The summed E-state index contributed by atoms with van der Waals surface area (Å²) in [6.07, 6.45) is 1.53. The second-order valence-electron chi connectivity index (χ2n) is 4.87. The van der Waals surface area contributed by atoms with E-state index >= 15 is 0 Å². The second-order valence-corrected chi connectivity index (χ2v) is 5.66. The Labute approximate surface area is 136 Å². The molecule has 1 atom stereocenters. The topological polar surface area (TPSA) is 84.3 Å². The van der Waals surface area contributed by atoms with Crippen molar-refractivity contribution in [3.05, 3.63) is 54.4 Å². The molecule has 0 amide bonds. The van der Waals surface area contributed by atoms with Crippen LogP contribution < -0.4 is 9.46 Å². The van der Waals surface area contributed by atoms with Crippen LogP contribution in [0, 0.1) is 0 Å². The molecule has 3 aromatic rings. The Morgan fingerprint density at radius 2 is 1.96 bits per heavy atom. The van der Waals surface area contributed by atoms with E-state index in [1.807, 2.05) is 42.5 Å². The Hall–Kier alpha value is -2.35. The van der Waals surface area contributed by atoms with E-state index < -0.39 is 11.3 Å². The highest BCUT2D eigenvalue weighted by Gasteiger charge is 2.07. The molecule has 1 aromatic heterocycles. The summed E-state index contributed by atoms with van der Waals surface area (Å²) in [6.45, 7) is 0.325. The van der Waals surface area contributed by atoms with Gasteiger partial charge in [0.1, 0.15) is 12.1 Å². The van der Waals surface area contributed by atoms with Crippen LogP contribution in [0.4, 0.5) is 0 Å². The van der Waals surface area contributed by atoms with Crippen LogP contribution in [0.3, 0.4) is 0 Å². The van der Waals surface area contributed by atoms with Crippen LogP contribution in [0.1, 0.15) is 5.56 Å². The number of methoxy groups -OCH3 is 1. The van der Waals surface area contributed by atoms with E-state index in [1.165, 1.54) is 6.33 Å². The smallest absolute Gasteiger partial charge is 0.232 e. The zero-order valence-electron chi connectivity index (χ0n) is 12.4. The van der Waals surface area contributed by atoms with Crippen LogP contribution >= 0.6 is 0 Å². The third-order valence-corrected chi connectivity index (χ3v) is 3.86. The molecule has 1 unspecified atom stereocenters. The maximum absolute atomic E-state index is 10.6. The number of benzene rings is 2. The molecule has 0 spiro atoms. The van der Waals surface area contributed by atoms with Gasteiger partial charge in [0, 0.05) is 23.6 Å². The van der Waals surface area contributed by atoms with Crippen LogP contribution in [0.15, 0.2) is 48.8 Å². The molecule has 0 fully saturated rings. The van der Waals surface area contributed by atoms with Gasteiger partial charge in [0.15, 0.2) is 0 Å². The normalized spacial score (nSPS) is 12.3. The molecule has 2 aromatic carbocycles. The summed E-state index contributed by atoms with van der Waals surface area (Å²) >= 11 is -2.01. The summed E-state index contributed by atoms with van der Waals surface area (Å²) in [4.78, 5) is 8.66. The Kier molecular flexibility index (Phi) is 4.61. The van der Waals surface area contributed by atoms with Crippen molar-refractivity contribution in [1.82, 2.24) is 14.7 Å². The van der Waals surface area contributed by atoms with Gasteiger partial charge in [0.05, 0.1) is 18.3 Å². The van der Waals surface area contributed by atoms with Gasteiger partial charge in [-0.2, -0.15) is 0 Å². The van der Waals surface area contributed by atoms with Crippen LogP contribution in [0.2, 0.25) is 0 Å². The van der Waals surface area contributed by atoms with Gasteiger partial charge in [0.2, 0.25) is 11.3 Å². The van der Waals surface area contributed by atoms with E-state index in [9.17, 15) is 4.21 Å². The summed E-state index contributed by atoms with van der Waals surface area (Å²) in [5.74, 6) is 0.751. The lowest BCUT2D eigenvalue weighted by molar-refractivity contribution is 0.415. The Morgan fingerprint density at radius 3 is 2.65 bits per heavy atom. The third-order valence-electron chi connectivity index (χ3n) is 3.47. The van der Waals surface area contributed by atoms with Gasteiger partial charge in [-0.25, -0.2) is 18.9 Å². The summed E-state index contributed by atoms with van der Waals surface area (Å²) in [5.41, 5.74) is 3.52. The van der Waals surface area contributed by atoms with E-state index in [0.717, 1.165) is 33.5 Å². The third kappa shape index (κ3) is 3.53. The van der Waals surface area contributed by atoms with Crippen molar-refractivity contribution < 1.29 is 13.5 Å². The minimum Gasteiger partial charge on any atom is -0.497 e. The van der Waals surface area contributed by atoms with Crippen molar-refractivity contribution in [2.75, 3.05) is 7.11 Å². The molecule has 0 saturated heterocycles. The van der Waals surface area contributed by atoms with Crippen molar-refractivity contribution in [2.45, 2.75) is 6.54 Å². The fourth-order valence-corrected chi connectivity index (χ4v) is 2.61. The fourth-order valence-electron chi connectivity index (χ4n) is 2.32. The predicted molar refractivity (Wildman–Crippen MR) is 89.1 cm³/mol. The largest absolute Gasteiger partial charge is 0.497 e. The van der Waals surface area contributed by atoms with E-state index in [0.29, 0.717) is 6.54 Å². The summed E-state index contributed by atoms with van der Waals surface area (Å²) in [6, 6.07) is 13.3. The molecule has 0 aliphatic carbocycles. The van der Waals surface area contributed by atoms with Gasteiger partial charge in [0.25, 0.3) is 0 Å². The van der Waals surface area contributed by atoms with Crippen LogP contribution in [0.5, 0.6) is 5.75 Å². The Balaban J connectivity index is 1.95. The molecule has 0 saturated carbocycles. The molecule has 0 bridgehead atoms. The zero-order valence-corrected chi connectivity index (χ0v) is 13.2.